The van der Waals surface area contributed by atoms with Crippen molar-refractivity contribution in [3.05, 3.63) is 28.3 Å². The van der Waals surface area contributed by atoms with Crippen LogP contribution in [0.3, 0.4) is 0 Å². The number of ether oxygens (including phenoxy) is 1. The van der Waals surface area contributed by atoms with Gasteiger partial charge in [0.05, 0.1) is 11.6 Å². The highest BCUT2D eigenvalue weighted by Gasteiger charge is 2.26. The second kappa shape index (κ2) is 2.91. The maximum atomic E-state index is 8.77. The molecule has 1 aromatic rings. The van der Waals surface area contributed by atoms with Gasteiger partial charge in [-0.25, -0.2) is 0 Å². The summed E-state index contributed by atoms with van der Waals surface area (Å²) in [5.74, 6) is 0.544. The average molecular weight is 195 g/mol. The number of fused-ring (bicyclic) bond motifs is 1. The number of nitriles is 1. The van der Waals surface area contributed by atoms with Crippen LogP contribution in [0.5, 0.6) is 5.75 Å². The van der Waals surface area contributed by atoms with Crippen LogP contribution in [0.4, 0.5) is 0 Å². The quantitative estimate of drug-likeness (QED) is 0.683. The van der Waals surface area contributed by atoms with Crippen molar-refractivity contribution >= 4 is 11.6 Å². The number of hydrogen-bond acceptors (Lipinski definition) is 3. The summed E-state index contributed by atoms with van der Waals surface area (Å²) in [6.45, 7) is 0.397. The van der Waals surface area contributed by atoms with Crippen LogP contribution in [0.2, 0.25) is 5.02 Å². The van der Waals surface area contributed by atoms with Crippen molar-refractivity contribution < 1.29 is 4.74 Å². The number of rotatable bonds is 0. The second-order valence-electron chi connectivity index (χ2n) is 2.87. The number of benzene rings is 1. The number of nitrogens with two attached hydrogens (primary N) is 1. The predicted molar refractivity (Wildman–Crippen MR) is 48.6 cm³/mol. The van der Waals surface area contributed by atoms with Crippen molar-refractivity contribution in [3.63, 3.8) is 0 Å². The zero-order valence-electron chi connectivity index (χ0n) is 6.75. The van der Waals surface area contributed by atoms with E-state index in [4.69, 9.17) is 27.3 Å². The molecule has 4 heteroatoms. The Balaban J connectivity index is 2.67. The Hall–Kier alpha value is -1.24. The van der Waals surface area contributed by atoms with Gasteiger partial charge >= 0.3 is 0 Å². The van der Waals surface area contributed by atoms with Crippen LogP contribution in [0.25, 0.3) is 0 Å². The molecule has 1 heterocycles. The first-order valence-electron chi connectivity index (χ1n) is 3.85. The van der Waals surface area contributed by atoms with Gasteiger partial charge in [-0.15, -0.1) is 0 Å². The summed E-state index contributed by atoms with van der Waals surface area (Å²) >= 11 is 5.92. The molecule has 0 aromatic heterocycles. The molecule has 66 valence electrons. The zero-order valence-corrected chi connectivity index (χ0v) is 7.51. The molecule has 0 radical (unpaired) electrons. The molecule has 0 amide bonds. The fourth-order valence-corrected chi connectivity index (χ4v) is 1.71. The Labute approximate surface area is 80.7 Å². The third-order valence-corrected chi connectivity index (χ3v) is 2.37. The largest absolute Gasteiger partial charge is 0.490 e. The van der Waals surface area contributed by atoms with E-state index in [9.17, 15) is 0 Å². The molecule has 0 aliphatic carbocycles. The van der Waals surface area contributed by atoms with Crippen LogP contribution in [0, 0.1) is 11.3 Å². The Morgan fingerprint density at radius 2 is 2.38 bits per heavy atom. The van der Waals surface area contributed by atoms with Gasteiger partial charge in [0.25, 0.3) is 0 Å². The van der Waals surface area contributed by atoms with Crippen LogP contribution >= 0.6 is 11.6 Å². The molecular formula is C9H7ClN2O. The second-order valence-corrected chi connectivity index (χ2v) is 3.27. The summed E-state index contributed by atoms with van der Waals surface area (Å²) in [6.07, 6.45) is 0. The van der Waals surface area contributed by atoms with Crippen LogP contribution in [-0.2, 0) is 0 Å². The summed E-state index contributed by atoms with van der Waals surface area (Å²) < 4.78 is 5.28. The molecule has 0 fully saturated rings. The minimum absolute atomic E-state index is 0.212. The summed E-state index contributed by atoms with van der Waals surface area (Å²) in [5.41, 5.74) is 7.00. The van der Waals surface area contributed by atoms with Crippen LogP contribution < -0.4 is 10.5 Å². The minimum atomic E-state index is -0.212. The molecule has 1 atom stereocenters. The lowest BCUT2D eigenvalue weighted by Gasteiger charge is -2.03. The normalized spacial score (nSPS) is 19.0. The molecular weight excluding hydrogens is 188 g/mol. The topological polar surface area (TPSA) is 59.0 Å². The van der Waals surface area contributed by atoms with Crippen molar-refractivity contribution in [2.24, 2.45) is 5.73 Å². The highest BCUT2D eigenvalue weighted by atomic mass is 35.5. The van der Waals surface area contributed by atoms with Crippen molar-refractivity contribution in [3.8, 4) is 11.8 Å². The molecule has 0 saturated heterocycles. The van der Waals surface area contributed by atoms with E-state index in [1.807, 2.05) is 6.07 Å². The lowest BCUT2D eigenvalue weighted by atomic mass is 10.1. The SMILES string of the molecule is N#Cc1ccc(Cl)c2c1OC[C@@H]2N. The van der Waals surface area contributed by atoms with Gasteiger partial charge in [-0.1, -0.05) is 11.6 Å². The van der Waals surface area contributed by atoms with Gasteiger partial charge in [0.2, 0.25) is 0 Å². The fraction of sp³-hybridized carbons (Fsp3) is 0.222. The monoisotopic (exact) mass is 194 g/mol. The Morgan fingerprint density at radius 1 is 1.62 bits per heavy atom. The summed E-state index contributed by atoms with van der Waals surface area (Å²) in [5, 5.41) is 9.33. The number of hydrogen-bond donors (Lipinski definition) is 1. The molecule has 0 bridgehead atoms. The minimum Gasteiger partial charge on any atom is -0.490 e. The van der Waals surface area contributed by atoms with E-state index in [0.29, 0.717) is 22.9 Å². The Bertz CT molecular complexity index is 397. The highest BCUT2D eigenvalue weighted by Crippen LogP contribution is 2.38. The van der Waals surface area contributed by atoms with Gasteiger partial charge in [-0.05, 0) is 12.1 Å². The first-order chi connectivity index (χ1) is 6.24. The Kier molecular flexibility index (Phi) is 1.87. The Morgan fingerprint density at radius 3 is 3.08 bits per heavy atom. The van der Waals surface area contributed by atoms with E-state index in [2.05, 4.69) is 0 Å². The third kappa shape index (κ3) is 1.15. The van der Waals surface area contributed by atoms with E-state index < -0.39 is 0 Å². The maximum absolute atomic E-state index is 8.77. The predicted octanol–water partition coefficient (Wildman–Crippen LogP) is 1.60. The molecule has 1 aromatic carbocycles. The van der Waals surface area contributed by atoms with Gasteiger partial charge in [0.15, 0.2) is 0 Å². The van der Waals surface area contributed by atoms with Gasteiger partial charge in [-0.3, -0.25) is 0 Å². The van der Waals surface area contributed by atoms with E-state index in [1.54, 1.807) is 12.1 Å². The molecule has 2 rings (SSSR count). The smallest absolute Gasteiger partial charge is 0.143 e. The molecule has 3 nitrogen and oxygen atoms in total. The summed E-state index contributed by atoms with van der Waals surface area (Å²) in [6, 6.07) is 5.14. The van der Waals surface area contributed by atoms with Gasteiger partial charge < -0.3 is 10.5 Å². The molecule has 0 spiro atoms. The maximum Gasteiger partial charge on any atom is 0.143 e. The lowest BCUT2D eigenvalue weighted by molar-refractivity contribution is 0.332. The molecule has 1 aliphatic rings. The number of halogens is 1. The van der Waals surface area contributed by atoms with Crippen molar-refractivity contribution in [2.45, 2.75) is 6.04 Å². The number of nitrogens with zero attached hydrogens (tertiary/aromatic N) is 1. The molecule has 1 aliphatic heterocycles. The van der Waals surface area contributed by atoms with Crippen molar-refractivity contribution in [2.75, 3.05) is 6.61 Å². The zero-order chi connectivity index (χ0) is 9.42. The highest BCUT2D eigenvalue weighted by molar-refractivity contribution is 6.31. The third-order valence-electron chi connectivity index (χ3n) is 2.04. The van der Waals surface area contributed by atoms with E-state index in [-0.39, 0.29) is 6.04 Å². The van der Waals surface area contributed by atoms with E-state index in [1.165, 1.54) is 0 Å². The summed E-state index contributed by atoms with van der Waals surface area (Å²) in [7, 11) is 0. The van der Waals surface area contributed by atoms with E-state index in [0.717, 1.165) is 5.56 Å². The standard InChI is InChI=1S/C9H7ClN2O/c10-6-2-1-5(3-11)9-8(6)7(12)4-13-9/h1-2,7H,4,12H2/t7-/m0/s1. The first-order valence-corrected chi connectivity index (χ1v) is 4.22. The average Bonchev–Trinajstić information content (AvgIpc) is 2.50. The molecule has 0 unspecified atom stereocenters. The van der Waals surface area contributed by atoms with Crippen LogP contribution in [0.1, 0.15) is 17.2 Å². The van der Waals surface area contributed by atoms with Gasteiger partial charge in [0.1, 0.15) is 18.4 Å². The van der Waals surface area contributed by atoms with Crippen LogP contribution in [-0.4, -0.2) is 6.61 Å². The van der Waals surface area contributed by atoms with Crippen molar-refractivity contribution in [1.29, 1.82) is 5.26 Å². The summed E-state index contributed by atoms with van der Waals surface area (Å²) in [4.78, 5) is 0. The van der Waals surface area contributed by atoms with Crippen LogP contribution in [0.15, 0.2) is 12.1 Å². The van der Waals surface area contributed by atoms with Crippen molar-refractivity contribution in [1.82, 2.24) is 0 Å². The van der Waals surface area contributed by atoms with E-state index >= 15 is 0 Å². The molecule has 0 saturated carbocycles. The van der Waals surface area contributed by atoms with Gasteiger partial charge in [-0.2, -0.15) is 5.26 Å². The fourth-order valence-electron chi connectivity index (χ4n) is 1.42. The molecule has 13 heavy (non-hydrogen) atoms. The lowest BCUT2D eigenvalue weighted by Crippen LogP contribution is -2.11. The van der Waals surface area contributed by atoms with Gasteiger partial charge in [0, 0.05) is 10.6 Å². The molecule has 2 N–H and O–H groups in total. The first kappa shape index (κ1) is 8.36.